The van der Waals surface area contributed by atoms with Crippen LogP contribution in [-0.2, 0) is 16.0 Å². The van der Waals surface area contributed by atoms with E-state index in [1.54, 1.807) is 24.3 Å². The molecule has 0 saturated carbocycles. The minimum absolute atomic E-state index is 0.161. The summed E-state index contributed by atoms with van der Waals surface area (Å²) in [5.41, 5.74) is 6.70. The van der Waals surface area contributed by atoms with Gasteiger partial charge < -0.3 is 21.3 Å². The van der Waals surface area contributed by atoms with E-state index in [0.717, 1.165) is 18.4 Å². The maximum absolute atomic E-state index is 11.8. The Bertz CT molecular complexity index is 459. The summed E-state index contributed by atoms with van der Waals surface area (Å²) in [5.74, 6) is -0.839. The molecule has 0 radical (unpaired) electrons. The zero-order valence-electron chi connectivity index (χ0n) is 11.9. The van der Waals surface area contributed by atoms with Crippen LogP contribution < -0.4 is 11.1 Å². The molecule has 0 unspecified atom stereocenters. The highest BCUT2D eigenvalue weighted by Crippen LogP contribution is 2.10. The number of phenolic OH excluding ortho intramolecular Hbond substituents is 1. The van der Waals surface area contributed by atoms with E-state index in [1.165, 1.54) is 0 Å². The maximum atomic E-state index is 11.8. The van der Waals surface area contributed by atoms with Crippen LogP contribution in [0.5, 0.6) is 5.75 Å². The Morgan fingerprint density at radius 1 is 1.14 bits per heavy atom. The van der Waals surface area contributed by atoms with Gasteiger partial charge in [0, 0.05) is 13.0 Å². The van der Waals surface area contributed by atoms with Crippen LogP contribution >= 0.6 is 0 Å². The molecule has 0 aliphatic carbocycles. The largest absolute Gasteiger partial charge is 0.508 e. The number of carbonyl (C=O) groups is 2. The number of aliphatic carboxylic acids is 1. The number of aromatic hydroxyl groups is 1. The standard InChI is InChI=1S/C15H22N2O4/c16-13(10-11-5-7-12(18)8-6-11)15(21)17-9-3-1-2-4-14(19)20/h5-8,13,18H,1-4,9-10,16H2,(H,17,21)(H,19,20)/t13-/m1/s1. The number of carbonyl (C=O) groups excluding carboxylic acids is 1. The number of phenols is 1. The normalized spacial score (nSPS) is 11.9. The van der Waals surface area contributed by atoms with Crippen molar-refractivity contribution in [3.8, 4) is 5.75 Å². The number of carboxylic acids is 1. The summed E-state index contributed by atoms with van der Waals surface area (Å²) in [6.45, 7) is 0.502. The fourth-order valence-corrected chi connectivity index (χ4v) is 1.90. The van der Waals surface area contributed by atoms with Crippen molar-refractivity contribution in [2.75, 3.05) is 6.54 Å². The van der Waals surface area contributed by atoms with Gasteiger partial charge in [0.15, 0.2) is 0 Å². The van der Waals surface area contributed by atoms with Crippen LogP contribution in [0.15, 0.2) is 24.3 Å². The molecule has 6 nitrogen and oxygen atoms in total. The van der Waals surface area contributed by atoms with E-state index in [2.05, 4.69) is 5.32 Å². The van der Waals surface area contributed by atoms with Gasteiger partial charge in [-0.05, 0) is 37.0 Å². The van der Waals surface area contributed by atoms with Gasteiger partial charge in [-0.3, -0.25) is 9.59 Å². The number of rotatable bonds is 9. The minimum Gasteiger partial charge on any atom is -0.508 e. The van der Waals surface area contributed by atoms with Crippen molar-refractivity contribution in [2.45, 2.75) is 38.1 Å². The number of amides is 1. The second-order valence-corrected chi connectivity index (χ2v) is 4.97. The lowest BCUT2D eigenvalue weighted by Crippen LogP contribution is -2.42. The summed E-state index contributed by atoms with van der Waals surface area (Å²) < 4.78 is 0. The Hall–Kier alpha value is -2.08. The molecule has 1 rings (SSSR count). The van der Waals surface area contributed by atoms with Gasteiger partial charge in [-0.25, -0.2) is 0 Å². The highest BCUT2D eigenvalue weighted by molar-refractivity contribution is 5.81. The summed E-state index contributed by atoms with van der Waals surface area (Å²) >= 11 is 0. The molecule has 21 heavy (non-hydrogen) atoms. The zero-order valence-corrected chi connectivity index (χ0v) is 11.9. The number of benzene rings is 1. The van der Waals surface area contributed by atoms with Crippen molar-refractivity contribution in [1.82, 2.24) is 5.32 Å². The molecule has 1 amide bonds. The van der Waals surface area contributed by atoms with Crippen LogP contribution in [0.4, 0.5) is 0 Å². The molecule has 0 aliphatic rings. The van der Waals surface area contributed by atoms with Crippen LogP contribution in [-0.4, -0.2) is 34.7 Å². The van der Waals surface area contributed by atoms with Crippen molar-refractivity contribution in [1.29, 1.82) is 0 Å². The first-order valence-electron chi connectivity index (χ1n) is 7.02. The fraction of sp³-hybridized carbons (Fsp3) is 0.467. The predicted octanol–water partition coefficient (Wildman–Crippen LogP) is 1.02. The molecule has 0 fully saturated rings. The van der Waals surface area contributed by atoms with E-state index in [-0.39, 0.29) is 18.1 Å². The third kappa shape index (κ3) is 7.31. The van der Waals surface area contributed by atoms with E-state index in [9.17, 15) is 14.7 Å². The Labute approximate surface area is 124 Å². The van der Waals surface area contributed by atoms with Crippen LogP contribution in [0.1, 0.15) is 31.2 Å². The molecule has 0 aromatic heterocycles. The summed E-state index contributed by atoms with van der Waals surface area (Å²) in [6.07, 6.45) is 2.69. The van der Waals surface area contributed by atoms with Crippen LogP contribution in [0, 0.1) is 0 Å². The van der Waals surface area contributed by atoms with E-state index in [4.69, 9.17) is 10.8 Å². The lowest BCUT2D eigenvalue weighted by Gasteiger charge is -2.12. The molecule has 0 aliphatic heterocycles. The number of nitrogens with one attached hydrogen (secondary N) is 1. The topological polar surface area (TPSA) is 113 Å². The van der Waals surface area contributed by atoms with Gasteiger partial charge in [0.05, 0.1) is 6.04 Å². The average Bonchev–Trinajstić information content (AvgIpc) is 2.44. The zero-order chi connectivity index (χ0) is 15.7. The average molecular weight is 294 g/mol. The van der Waals surface area contributed by atoms with Gasteiger partial charge >= 0.3 is 5.97 Å². The lowest BCUT2D eigenvalue weighted by molar-refractivity contribution is -0.137. The molecule has 116 valence electrons. The molecule has 1 aromatic carbocycles. The Kier molecular flexibility index (Phi) is 7.25. The summed E-state index contributed by atoms with van der Waals surface area (Å²) in [4.78, 5) is 22.1. The molecular weight excluding hydrogens is 272 g/mol. The first-order valence-corrected chi connectivity index (χ1v) is 7.02. The first-order chi connectivity index (χ1) is 9.99. The van der Waals surface area contributed by atoms with E-state index < -0.39 is 12.0 Å². The van der Waals surface area contributed by atoms with Gasteiger partial charge in [0.2, 0.25) is 5.91 Å². The maximum Gasteiger partial charge on any atom is 0.303 e. The minimum atomic E-state index is -0.796. The smallest absolute Gasteiger partial charge is 0.303 e. The SMILES string of the molecule is N[C@H](Cc1ccc(O)cc1)C(=O)NCCCCCC(=O)O. The monoisotopic (exact) mass is 294 g/mol. The molecule has 0 spiro atoms. The number of carboxylic acid groups (broad SMARTS) is 1. The Balaban J connectivity index is 2.19. The highest BCUT2D eigenvalue weighted by Gasteiger charge is 2.13. The van der Waals surface area contributed by atoms with Gasteiger partial charge in [0.25, 0.3) is 0 Å². The van der Waals surface area contributed by atoms with Crippen LogP contribution in [0.3, 0.4) is 0 Å². The third-order valence-electron chi connectivity index (χ3n) is 3.10. The van der Waals surface area contributed by atoms with E-state index in [0.29, 0.717) is 19.4 Å². The van der Waals surface area contributed by atoms with Crippen LogP contribution in [0.2, 0.25) is 0 Å². The number of nitrogens with two attached hydrogens (primary N) is 1. The van der Waals surface area contributed by atoms with Crippen molar-refractivity contribution in [2.24, 2.45) is 5.73 Å². The van der Waals surface area contributed by atoms with Gasteiger partial charge in [-0.1, -0.05) is 18.6 Å². The molecule has 0 bridgehead atoms. The molecule has 1 atom stereocenters. The van der Waals surface area contributed by atoms with Crippen molar-refractivity contribution >= 4 is 11.9 Å². The predicted molar refractivity (Wildman–Crippen MR) is 78.9 cm³/mol. The lowest BCUT2D eigenvalue weighted by atomic mass is 10.1. The first kappa shape index (κ1) is 17.0. The van der Waals surface area contributed by atoms with Crippen LogP contribution in [0.25, 0.3) is 0 Å². The van der Waals surface area contributed by atoms with Gasteiger partial charge in [-0.2, -0.15) is 0 Å². The van der Waals surface area contributed by atoms with E-state index in [1.807, 2.05) is 0 Å². The Morgan fingerprint density at radius 2 is 1.81 bits per heavy atom. The number of unbranched alkanes of at least 4 members (excludes halogenated alkanes) is 2. The molecular formula is C15H22N2O4. The van der Waals surface area contributed by atoms with Crippen molar-refractivity contribution in [3.05, 3.63) is 29.8 Å². The molecule has 1 aromatic rings. The molecule has 6 heteroatoms. The summed E-state index contributed by atoms with van der Waals surface area (Å²) in [6, 6.07) is 5.95. The second kappa shape index (κ2) is 8.97. The highest BCUT2D eigenvalue weighted by atomic mass is 16.4. The van der Waals surface area contributed by atoms with Crippen molar-refractivity contribution < 1.29 is 19.8 Å². The van der Waals surface area contributed by atoms with Gasteiger partial charge in [-0.15, -0.1) is 0 Å². The Morgan fingerprint density at radius 3 is 2.43 bits per heavy atom. The third-order valence-corrected chi connectivity index (χ3v) is 3.10. The van der Waals surface area contributed by atoms with Crippen molar-refractivity contribution in [3.63, 3.8) is 0 Å². The quantitative estimate of drug-likeness (QED) is 0.508. The fourth-order valence-electron chi connectivity index (χ4n) is 1.90. The number of hydrogen-bond acceptors (Lipinski definition) is 4. The second-order valence-electron chi connectivity index (χ2n) is 4.97. The number of hydrogen-bond donors (Lipinski definition) is 4. The van der Waals surface area contributed by atoms with E-state index >= 15 is 0 Å². The molecule has 5 N–H and O–H groups in total. The molecule has 0 saturated heterocycles. The van der Waals surface area contributed by atoms with Gasteiger partial charge in [0.1, 0.15) is 5.75 Å². The summed E-state index contributed by atoms with van der Waals surface area (Å²) in [7, 11) is 0. The molecule has 0 heterocycles. The summed E-state index contributed by atoms with van der Waals surface area (Å²) in [5, 5.41) is 20.4.